The normalized spacial score (nSPS) is 29.1. The molecule has 0 radical (unpaired) electrons. The molecule has 4 aromatic rings. The molecule has 48 heavy (non-hydrogen) atoms. The summed E-state index contributed by atoms with van der Waals surface area (Å²) < 4.78 is 44.7. The van der Waals surface area contributed by atoms with Crippen LogP contribution in [0.25, 0.3) is 32.9 Å². The Morgan fingerprint density at radius 2 is 2.04 bits per heavy atom. The molecule has 11 nitrogen and oxygen atoms in total. The summed E-state index contributed by atoms with van der Waals surface area (Å²) in [4.78, 5) is 31.7. The lowest BCUT2D eigenvalue weighted by Crippen LogP contribution is -2.61. The highest BCUT2D eigenvalue weighted by molar-refractivity contribution is 6.00. The summed E-state index contributed by atoms with van der Waals surface area (Å²) in [5, 5.41) is 18.2. The number of hydrogen-bond acceptors (Lipinski definition) is 10. The Kier molecular flexibility index (Phi) is 6.96. The number of phenolic OH excluding ortho intramolecular Hbond substituents is 1. The van der Waals surface area contributed by atoms with E-state index >= 15 is 8.78 Å². The van der Waals surface area contributed by atoms with Gasteiger partial charge in [0, 0.05) is 61.3 Å². The third-order valence-electron chi connectivity index (χ3n) is 11.0. The number of benzene rings is 2. The Morgan fingerprint density at radius 1 is 1.12 bits per heavy atom. The van der Waals surface area contributed by atoms with Crippen LogP contribution in [0.4, 0.5) is 14.6 Å². The molecule has 0 aliphatic carbocycles. The molecule has 4 saturated heterocycles. The van der Waals surface area contributed by atoms with Gasteiger partial charge in [-0.05, 0) is 62.2 Å². The van der Waals surface area contributed by atoms with Gasteiger partial charge in [0.2, 0.25) is 5.91 Å². The van der Waals surface area contributed by atoms with Crippen molar-refractivity contribution in [1.29, 1.82) is 0 Å². The van der Waals surface area contributed by atoms with Crippen molar-refractivity contribution in [3.8, 4) is 23.0 Å². The number of fused-ring (bicyclic) bond motifs is 9. The van der Waals surface area contributed by atoms with Gasteiger partial charge in [0.05, 0.1) is 23.6 Å². The predicted molar refractivity (Wildman–Crippen MR) is 174 cm³/mol. The standard InChI is InChI=1S/C35H37F2N7O4/c36-26-4-1-3-20-11-22(45)12-24(28(20)26)30-29(37)31-25(15-39-30)32-41-33(40-31)48-19-35-6-2-9-44(35)17-23(13-35)47-10-8-38-27(46)14-34-7-5-21(42-34)16-43(32)18-34/h1,3-4,11-12,15,21,23,42,45H,2,5-10,13-14,16-19H2,(H,38,46)/t21-,23+,34-,35+/m0/s1. The van der Waals surface area contributed by atoms with Crippen LogP contribution in [0.1, 0.15) is 38.5 Å². The molecule has 250 valence electrons. The fourth-order valence-corrected chi connectivity index (χ4v) is 8.97. The Labute approximate surface area is 275 Å². The van der Waals surface area contributed by atoms with E-state index < -0.39 is 17.2 Å². The van der Waals surface area contributed by atoms with Crippen molar-refractivity contribution < 1.29 is 28.2 Å². The number of carbonyl (C=O) groups is 1. The van der Waals surface area contributed by atoms with Gasteiger partial charge in [0.25, 0.3) is 0 Å². The Morgan fingerprint density at radius 3 is 2.96 bits per heavy atom. The molecule has 7 heterocycles. The third-order valence-corrected chi connectivity index (χ3v) is 11.0. The van der Waals surface area contributed by atoms with Crippen molar-refractivity contribution in [3.05, 3.63) is 48.2 Å². The molecular weight excluding hydrogens is 620 g/mol. The number of halogens is 2. The summed E-state index contributed by atoms with van der Waals surface area (Å²) in [6.07, 6.45) is 6.29. The number of anilines is 1. The Balaban J connectivity index is 1.19. The van der Waals surface area contributed by atoms with Crippen molar-refractivity contribution in [2.45, 2.75) is 61.7 Å². The lowest BCUT2D eigenvalue weighted by molar-refractivity contribution is -0.122. The van der Waals surface area contributed by atoms with Crippen LogP contribution < -0.4 is 20.3 Å². The van der Waals surface area contributed by atoms with Gasteiger partial charge in [-0.1, -0.05) is 12.1 Å². The summed E-state index contributed by atoms with van der Waals surface area (Å²) in [6, 6.07) is 7.43. The second-order valence-corrected chi connectivity index (χ2v) is 14.2. The van der Waals surface area contributed by atoms with Crippen molar-refractivity contribution in [2.24, 2.45) is 0 Å². The van der Waals surface area contributed by atoms with Crippen molar-refractivity contribution in [1.82, 2.24) is 30.5 Å². The Bertz CT molecular complexity index is 1960. The number of carbonyl (C=O) groups excluding carboxylic acids is 1. The van der Waals surface area contributed by atoms with E-state index in [1.54, 1.807) is 12.1 Å². The van der Waals surface area contributed by atoms with E-state index in [1.165, 1.54) is 24.4 Å². The molecule has 4 fully saturated rings. The average Bonchev–Trinajstić information content (AvgIpc) is 3.70. The molecule has 0 saturated carbocycles. The van der Waals surface area contributed by atoms with Crippen LogP contribution >= 0.6 is 0 Å². The van der Waals surface area contributed by atoms with Crippen LogP contribution in [0.3, 0.4) is 0 Å². The number of pyridine rings is 1. The minimum atomic E-state index is -0.760. The molecular formula is C35H37F2N7O4. The van der Waals surface area contributed by atoms with E-state index in [1.807, 2.05) is 0 Å². The van der Waals surface area contributed by atoms with Crippen LogP contribution in [0.2, 0.25) is 0 Å². The fraction of sp³-hybridized carbons (Fsp3) is 0.486. The summed E-state index contributed by atoms with van der Waals surface area (Å²) in [5.74, 6) is -1.00. The smallest absolute Gasteiger partial charge is 0.319 e. The highest BCUT2D eigenvalue weighted by Crippen LogP contribution is 2.42. The second kappa shape index (κ2) is 11.2. The van der Waals surface area contributed by atoms with E-state index in [-0.39, 0.29) is 57.5 Å². The van der Waals surface area contributed by atoms with Crippen LogP contribution in [0, 0.1) is 11.6 Å². The fourth-order valence-electron chi connectivity index (χ4n) is 8.97. The van der Waals surface area contributed by atoms with Gasteiger partial charge >= 0.3 is 6.01 Å². The zero-order valence-electron chi connectivity index (χ0n) is 26.5. The largest absolute Gasteiger partial charge is 0.508 e. The van der Waals surface area contributed by atoms with Crippen LogP contribution in [-0.2, 0) is 9.53 Å². The van der Waals surface area contributed by atoms with Crippen molar-refractivity contribution >= 4 is 33.4 Å². The molecule has 4 atom stereocenters. The maximum atomic E-state index is 16.9. The van der Waals surface area contributed by atoms with Gasteiger partial charge in [-0.15, -0.1) is 0 Å². The molecule has 13 heteroatoms. The molecule has 9 rings (SSSR count). The van der Waals surface area contributed by atoms with Gasteiger partial charge < -0.3 is 30.1 Å². The number of amides is 1. The predicted octanol–water partition coefficient (Wildman–Crippen LogP) is 3.66. The number of nitrogens with zero attached hydrogens (tertiary/aromatic N) is 5. The maximum absolute atomic E-state index is 16.9. The van der Waals surface area contributed by atoms with E-state index in [0.717, 1.165) is 45.2 Å². The monoisotopic (exact) mass is 657 g/mol. The first kappa shape index (κ1) is 29.9. The topological polar surface area (TPSA) is 125 Å². The van der Waals surface area contributed by atoms with E-state index in [9.17, 15) is 9.90 Å². The van der Waals surface area contributed by atoms with Gasteiger partial charge in [-0.3, -0.25) is 14.7 Å². The average molecular weight is 658 g/mol. The number of aromatic nitrogens is 3. The zero-order valence-corrected chi connectivity index (χ0v) is 26.5. The van der Waals surface area contributed by atoms with Gasteiger partial charge in [-0.25, -0.2) is 8.78 Å². The maximum Gasteiger partial charge on any atom is 0.319 e. The molecule has 5 aliphatic rings. The summed E-state index contributed by atoms with van der Waals surface area (Å²) >= 11 is 0. The van der Waals surface area contributed by atoms with E-state index in [0.29, 0.717) is 55.9 Å². The van der Waals surface area contributed by atoms with Crippen LogP contribution in [0.15, 0.2) is 36.5 Å². The minimum absolute atomic E-state index is 0.00293. The molecule has 2 aromatic heterocycles. The number of nitrogens with one attached hydrogen (secondary N) is 2. The number of phenols is 1. The SMILES string of the molecule is O=C1C[C@@]23CC[C@@H](CN(C2)c2nc(nc4c(F)c(-c5cc(O)cc6cccc(F)c56)ncc24)OC[C@]24CCCN2C[C@@H](C4)OCCN1)N3. The van der Waals surface area contributed by atoms with Crippen molar-refractivity contribution in [2.75, 3.05) is 50.8 Å². The first-order valence-electron chi connectivity index (χ1n) is 16.8. The van der Waals surface area contributed by atoms with Gasteiger partial charge in [0.15, 0.2) is 5.82 Å². The first-order chi connectivity index (χ1) is 23.3. The van der Waals surface area contributed by atoms with E-state index in [4.69, 9.17) is 14.5 Å². The van der Waals surface area contributed by atoms with Crippen LogP contribution in [0.5, 0.6) is 11.8 Å². The third kappa shape index (κ3) is 4.93. The summed E-state index contributed by atoms with van der Waals surface area (Å²) in [5.41, 5.74) is -0.743. The molecule has 2 spiro atoms. The number of piperazine rings is 1. The summed E-state index contributed by atoms with van der Waals surface area (Å²) in [6.45, 7) is 4.01. The Hall–Kier alpha value is -4.20. The molecule has 1 amide bonds. The van der Waals surface area contributed by atoms with Crippen molar-refractivity contribution in [3.63, 3.8) is 0 Å². The quantitative estimate of drug-likeness (QED) is 0.280. The number of hydrogen-bond donors (Lipinski definition) is 3. The molecule has 3 N–H and O–H groups in total. The molecule has 0 unspecified atom stereocenters. The van der Waals surface area contributed by atoms with E-state index in [2.05, 4.69) is 30.4 Å². The highest BCUT2D eigenvalue weighted by atomic mass is 19.1. The first-order valence-corrected chi connectivity index (χ1v) is 16.8. The van der Waals surface area contributed by atoms with Crippen LogP contribution in [-0.4, -0.2) is 100 Å². The molecule has 7 bridgehead atoms. The summed E-state index contributed by atoms with van der Waals surface area (Å²) in [7, 11) is 0. The van der Waals surface area contributed by atoms with Gasteiger partial charge in [0.1, 0.15) is 35.2 Å². The van der Waals surface area contributed by atoms with Gasteiger partial charge in [-0.2, -0.15) is 9.97 Å². The number of ether oxygens (including phenoxy) is 2. The molecule has 2 aromatic carbocycles. The number of rotatable bonds is 1. The lowest BCUT2D eigenvalue weighted by atomic mass is 9.92. The minimum Gasteiger partial charge on any atom is -0.508 e. The molecule has 5 aliphatic heterocycles. The highest BCUT2D eigenvalue weighted by Gasteiger charge is 2.50. The lowest BCUT2D eigenvalue weighted by Gasteiger charge is -2.42. The number of aromatic hydroxyl groups is 1. The second-order valence-electron chi connectivity index (χ2n) is 14.2. The zero-order chi connectivity index (χ0) is 32.6.